The molecule has 2 aromatic carbocycles. The summed E-state index contributed by atoms with van der Waals surface area (Å²) < 4.78 is 26.7. The fourth-order valence-corrected chi connectivity index (χ4v) is 5.99. The van der Waals surface area contributed by atoms with Crippen molar-refractivity contribution in [3.63, 3.8) is 0 Å². The van der Waals surface area contributed by atoms with Crippen LogP contribution >= 0.6 is 0 Å². The minimum atomic E-state index is -0.792. The molecule has 0 amide bonds. The Morgan fingerprint density at radius 3 is 1.97 bits per heavy atom. The largest absolute Gasteiger partial charge is 0.204 e. The van der Waals surface area contributed by atoms with E-state index in [0.717, 1.165) is 28.9 Å². The van der Waals surface area contributed by atoms with Gasteiger partial charge in [0.1, 0.15) is 0 Å². The number of halogens is 2. The van der Waals surface area contributed by atoms with Crippen LogP contribution in [0, 0.1) is 29.4 Å². The van der Waals surface area contributed by atoms with Crippen LogP contribution in [0.3, 0.4) is 0 Å². The van der Waals surface area contributed by atoms with E-state index in [2.05, 4.69) is 43.3 Å². The van der Waals surface area contributed by atoms with Gasteiger partial charge in [0.05, 0.1) is 0 Å². The van der Waals surface area contributed by atoms with Gasteiger partial charge in [0.15, 0.2) is 11.6 Å². The molecule has 2 heteroatoms. The molecule has 166 valence electrons. The van der Waals surface area contributed by atoms with E-state index in [9.17, 15) is 8.78 Å². The molecular weight excluding hydrogens is 386 g/mol. The van der Waals surface area contributed by atoms with Gasteiger partial charge in [0.2, 0.25) is 0 Å². The Bertz CT molecular complexity index is 851. The van der Waals surface area contributed by atoms with Gasteiger partial charge in [-0.1, -0.05) is 55.3 Å². The summed E-state index contributed by atoms with van der Waals surface area (Å²) in [5.41, 5.74) is 3.08. The summed E-state index contributed by atoms with van der Waals surface area (Å²) >= 11 is 0. The maximum Gasteiger partial charge on any atom is 0.159 e. The van der Waals surface area contributed by atoms with Crippen molar-refractivity contribution in [2.45, 2.75) is 77.0 Å². The molecule has 31 heavy (non-hydrogen) atoms. The van der Waals surface area contributed by atoms with Gasteiger partial charge in [-0.3, -0.25) is 0 Å². The predicted molar refractivity (Wildman–Crippen MR) is 126 cm³/mol. The second-order valence-corrected chi connectivity index (χ2v) is 9.79. The molecule has 0 spiro atoms. The second kappa shape index (κ2) is 10.6. The summed E-state index contributed by atoms with van der Waals surface area (Å²) in [5.74, 6) is 1.90. The minimum absolute atomic E-state index is 0.646. The predicted octanol–water partition coefficient (Wildman–Crippen LogP) is 9.07. The van der Waals surface area contributed by atoms with E-state index in [-0.39, 0.29) is 0 Å². The van der Waals surface area contributed by atoms with Crippen molar-refractivity contribution in [2.24, 2.45) is 17.8 Å². The minimum Gasteiger partial charge on any atom is -0.204 e. The van der Waals surface area contributed by atoms with Gasteiger partial charge in [0, 0.05) is 0 Å². The molecule has 2 saturated carbocycles. The van der Waals surface area contributed by atoms with Gasteiger partial charge in [-0.15, -0.1) is 0 Å². The molecule has 2 aromatic rings. The van der Waals surface area contributed by atoms with Crippen LogP contribution in [0.25, 0.3) is 11.1 Å². The number of rotatable bonds is 6. The fraction of sp³-hybridized carbons (Fsp3) is 0.517. The quantitative estimate of drug-likeness (QED) is 0.407. The van der Waals surface area contributed by atoms with Crippen LogP contribution in [0.15, 0.2) is 54.6 Å². The van der Waals surface area contributed by atoms with Gasteiger partial charge in [0.25, 0.3) is 0 Å². The molecule has 0 aliphatic heterocycles. The van der Waals surface area contributed by atoms with E-state index in [1.807, 2.05) is 0 Å². The lowest BCUT2D eigenvalue weighted by Gasteiger charge is -2.38. The van der Waals surface area contributed by atoms with Crippen LogP contribution in [-0.4, -0.2) is 0 Å². The normalized spacial score (nSPS) is 26.9. The highest BCUT2D eigenvalue weighted by molar-refractivity contribution is 5.63. The first-order chi connectivity index (χ1) is 15.1. The summed E-state index contributed by atoms with van der Waals surface area (Å²) in [7, 11) is 0. The van der Waals surface area contributed by atoms with Crippen molar-refractivity contribution in [3.8, 4) is 11.1 Å². The van der Waals surface area contributed by atoms with Crippen molar-refractivity contribution in [1.82, 2.24) is 0 Å². The number of allylic oxidation sites excluding steroid dienone is 2. The Morgan fingerprint density at radius 2 is 1.35 bits per heavy atom. The number of hydrogen-bond donors (Lipinski definition) is 0. The molecule has 0 aromatic heterocycles. The van der Waals surface area contributed by atoms with Crippen molar-refractivity contribution >= 4 is 0 Å². The van der Waals surface area contributed by atoms with E-state index in [4.69, 9.17) is 0 Å². The number of benzene rings is 2. The highest BCUT2D eigenvalue weighted by atomic mass is 19.2. The van der Waals surface area contributed by atoms with Crippen LogP contribution in [-0.2, 0) is 0 Å². The third-order valence-corrected chi connectivity index (χ3v) is 7.94. The lowest BCUT2D eigenvalue weighted by Crippen LogP contribution is -2.25. The zero-order chi connectivity index (χ0) is 21.6. The van der Waals surface area contributed by atoms with Crippen molar-refractivity contribution in [2.75, 3.05) is 0 Å². The Hall–Kier alpha value is -1.96. The van der Waals surface area contributed by atoms with Gasteiger partial charge < -0.3 is 0 Å². The lowest BCUT2D eigenvalue weighted by atomic mass is 9.68. The summed E-state index contributed by atoms with van der Waals surface area (Å²) in [6.07, 6.45) is 18.2. The van der Waals surface area contributed by atoms with E-state index in [1.165, 1.54) is 81.9 Å². The Labute approximate surface area is 186 Å². The average molecular weight is 423 g/mol. The molecule has 2 fully saturated rings. The zero-order valence-corrected chi connectivity index (χ0v) is 18.8. The maximum atomic E-state index is 13.5. The first-order valence-electron chi connectivity index (χ1n) is 12.3. The molecule has 0 radical (unpaired) electrons. The van der Waals surface area contributed by atoms with Crippen LogP contribution in [0.5, 0.6) is 0 Å². The van der Waals surface area contributed by atoms with Crippen LogP contribution in [0.2, 0.25) is 0 Å². The summed E-state index contributed by atoms with van der Waals surface area (Å²) in [4.78, 5) is 0. The van der Waals surface area contributed by atoms with Crippen molar-refractivity contribution in [3.05, 3.63) is 71.8 Å². The zero-order valence-electron chi connectivity index (χ0n) is 18.8. The fourth-order valence-electron chi connectivity index (χ4n) is 5.99. The van der Waals surface area contributed by atoms with Crippen LogP contribution < -0.4 is 0 Å². The summed E-state index contributed by atoms with van der Waals surface area (Å²) in [5, 5.41) is 0. The summed E-state index contributed by atoms with van der Waals surface area (Å²) in [6.45, 7) is 2.12. The molecule has 2 aliphatic rings. The van der Waals surface area contributed by atoms with Crippen molar-refractivity contribution < 1.29 is 8.78 Å². The SMILES string of the molecule is C/C=C/CCC1CCC(C2CCC(c3ccc(-c4ccc(F)c(F)c4)cc3)CC2)CC1. The molecule has 0 heterocycles. The Kier molecular flexibility index (Phi) is 7.58. The first-order valence-corrected chi connectivity index (χ1v) is 12.3. The van der Waals surface area contributed by atoms with Crippen molar-refractivity contribution in [1.29, 1.82) is 0 Å². The lowest BCUT2D eigenvalue weighted by molar-refractivity contribution is 0.157. The second-order valence-electron chi connectivity index (χ2n) is 9.79. The molecule has 2 aliphatic carbocycles. The molecule has 0 atom stereocenters. The molecule has 0 nitrogen and oxygen atoms in total. The number of hydrogen-bond acceptors (Lipinski definition) is 0. The van der Waals surface area contributed by atoms with E-state index in [0.29, 0.717) is 5.92 Å². The third-order valence-electron chi connectivity index (χ3n) is 7.94. The molecule has 0 unspecified atom stereocenters. The third kappa shape index (κ3) is 5.64. The molecule has 0 saturated heterocycles. The van der Waals surface area contributed by atoms with E-state index in [1.54, 1.807) is 6.07 Å². The van der Waals surface area contributed by atoms with Gasteiger partial charge >= 0.3 is 0 Å². The molecule has 4 rings (SSSR count). The first kappa shape index (κ1) is 22.2. The smallest absolute Gasteiger partial charge is 0.159 e. The van der Waals surface area contributed by atoms with Crippen LogP contribution in [0.1, 0.15) is 82.6 Å². The summed E-state index contributed by atoms with van der Waals surface area (Å²) in [6, 6.07) is 12.6. The maximum absolute atomic E-state index is 13.5. The monoisotopic (exact) mass is 422 g/mol. The Balaban J connectivity index is 1.27. The highest BCUT2D eigenvalue weighted by Gasteiger charge is 2.31. The standard InChI is InChI=1S/C29H36F2/c1-2-3-4-5-21-6-8-22(9-7-21)23-10-12-24(13-11-23)25-14-16-26(17-15-25)27-18-19-28(30)29(31)20-27/h2-3,14-24H,4-13H2,1H3/b3-2+. The topological polar surface area (TPSA) is 0 Å². The molecule has 0 bridgehead atoms. The van der Waals surface area contributed by atoms with Gasteiger partial charge in [-0.2, -0.15) is 0 Å². The van der Waals surface area contributed by atoms with E-state index >= 15 is 0 Å². The van der Waals surface area contributed by atoms with Crippen LogP contribution in [0.4, 0.5) is 8.78 Å². The Morgan fingerprint density at radius 1 is 0.742 bits per heavy atom. The van der Waals surface area contributed by atoms with E-state index < -0.39 is 11.6 Å². The average Bonchev–Trinajstić information content (AvgIpc) is 2.82. The molecule has 0 N–H and O–H groups in total. The molecular formula is C29H36F2. The highest BCUT2D eigenvalue weighted by Crippen LogP contribution is 2.44. The van der Waals surface area contributed by atoms with Gasteiger partial charge in [-0.25, -0.2) is 8.78 Å². The van der Waals surface area contributed by atoms with Gasteiger partial charge in [-0.05, 0) is 111 Å².